The third-order valence-corrected chi connectivity index (χ3v) is 2.30. The Morgan fingerprint density at radius 1 is 1.29 bits per heavy atom. The highest BCUT2D eigenvalue weighted by Gasteiger charge is 2.15. The molecule has 14 heavy (non-hydrogen) atoms. The summed E-state index contributed by atoms with van der Waals surface area (Å²) >= 11 is 0. The highest BCUT2D eigenvalue weighted by atomic mass is 16.1. The fraction of sp³-hybridized carbons (Fsp3) is 0.500. The first-order valence-corrected chi connectivity index (χ1v) is 5.04. The van der Waals surface area contributed by atoms with Crippen molar-refractivity contribution in [3.05, 3.63) is 30.1 Å². The fourth-order valence-corrected chi connectivity index (χ4v) is 1.42. The number of aromatic nitrogens is 1. The van der Waals surface area contributed by atoms with Gasteiger partial charge in [-0.1, -0.05) is 20.8 Å². The summed E-state index contributed by atoms with van der Waals surface area (Å²) in [6.07, 6.45) is 4.12. The van der Waals surface area contributed by atoms with Gasteiger partial charge in [0.2, 0.25) is 0 Å². The van der Waals surface area contributed by atoms with Gasteiger partial charge in [-0.2, -0.15) is 0 Å². The van der Waals surface area contributed by atoms with E-state index < -0.39 is 0 Å². The van der Waals surface area contributed by atoms with E-state index in [1.165, 1.54) is 0 Å². The maximum atomic E-state index is 11.7. The molecule has 0 amide bonds. The molecule has 0 saturated heterocycles. The van der Waals surface area contributed by atoms with Gasteiger partial charge >= 0.3 is 0 Å². The molecule has 0 bridgehead atoms. The Balaban J connectivity index is 2.66. The number of pyridine rings is 1. The van der Waals surface area contributed by atoms with Crippen molar-refractivity contribution in [3.63, 3.8) is 0 Å². The van der Waals surface area contributed by atoms with Gasteiger partial charge in [0.15, 0.2) is 0 Å². The number of Topliss-reactive ketones (excluding diaryl/α,β-unsaturated/α-hetero) is 1. The maximum absolute atomic E-state index is 11.7. The predicted molar refractivity (Wildman–Crippen MR) is 57.1 cm³/mol. The molecule has 1 aromatic rings. The molecule has 76 valence electrons. The van der Waals surface area contributed by atoms with Crippen LogP contribution in [0, 0.1) is 5.92 Å². The second-order valence-corrected chi connectivity index (χ2v) is 4.07. The summed E-state index contributed by atoms with van der Waals surface area (Å²) < 4.78 is 0. The molecule has 0 radical (unpaired) electrons. The zero-order valence-corrected chi connectivity index (χ0v) is 9.03. The predicted octanol–water partition coefficient (Wildman–Crippen LogP) is 2.80. The lowest BCUT2D eigenvalue weighted by molar-refractivity contribution is -0.120. The summed E-state index contributed by atoms with van der Waals surface area (Å²) in [6, 6.07) is 3.81. The third kappa shape index (κ3) is 2.95. The summed E-state index contributed by atoms with van der Waals surface area (Å²) in [7, 11) is 0. The topological polar surface area (TPSA) is 30.0 Å². The number of carbonyl (C=O) groups is 1. The molecule has 1 rings (SSSR count). The van der Waals surface area contributed by atoms with Crippen molar-refractivity contribution >= 4 is 5.78 Å². The maximum Gasteiger partial charge on any atom is 0.140 e. The smallest absolute Gasteiger partial charge is 0.140 e. The lowest BCUT2D eigenvalue weighted by Gasteiger charge is -2.11. The van der Waals surface area contributed by atoms with Gasteiger partial charge in [0, 0.05) is 24.7 Å². The van der Waals surface area contributed by atoms with Gasteiger partial charge < -0.3 is 0 Å². The lowest BCUT2D eigenvalue weighted by atomic mass is 9.92. The molecular formula is C12H17NO. The Kier molecular flexibility index (Phi) is 3.81. The van der Waals surface area contributed by atoms with Crippen molar-refractivity contribution in [2.45, 2.75) is 33.1 Å². The standard InChI is InChI=1S/C12H17NO/c1-9(2)8-12(14)10(3)11-4-6-13-7-5-11/h4-7,9-10H,8H2,1-3H3. The fourth-order valence-electron chi connectivity index (χ4n) is 1.42. The van der Waals surface area contributed by atoms with E-state index in [0.717, 1.165) is 5.56 Å². The highest BCUT2D eigenvalue weighted by molar-refractivity contribution is 5.85. The van der Waals surface area contributed by atoms with E-state index in [9.17, 15) is 4.79 Å². The largest absolute Gasteiger partial charge is 0.299 e. The molecule has 2 nitrogen and oxygen atoms in total. The minimum absolute atomic E-state index is 0.000370. The van der Waals surface area contributed by atoms with Crippen molar-refractivity contribution in [1.82, 2.24) is 4.98 Å². The van der Waals surface area contributed by atoms with Crippen LogP contribution in [0.1, 0.15) is 38.7 Å². The minimum Gasteiger partial charge on any atom is -0.299 e. The number of nitrogens with zero attached hydrogens (tertiary/aromatic N) is 1. The molecule has 1 unspecified atom stereocenters. The average Bonchev–Trinajstić information content (AvgIpc) is 2.17. The van der Waals surface area contributed by atoms with E-state index in [2.05, 4.69) is 18.8 Å². The summed E-state index contributed by atoms with van der Waals surface area (Å²) in [5.74, 6) is 0.749. The molecule has 0 N–H and O–H groups in total. The van der Waals surface area contributed by atoms with E-state index in [1.807, 2.05) is 19.1 Å². The lowest BCUT2D eigenvalue weighted by Crippen LogP contribution is -2.11. The second-order valence-electron chi connectivity index (χ2n) is 4.07. The van der Waals surface area contributed by atoms with Gasteiger partial charge in [0.25, 0.3) is 0 Å². The Labute approximate surface area is 85.4 Å². The van der Waals surface area contributed by atoms with E-state index >= 15 is 0 Å². The Morgan fingerprint density at radius 2 is 1.86 bits per heavy atom. The zero-order valence-electron chi connectivity index (χ0n) is 9.03. The zero-order chi connectivity index (χ0) is 10.6. The summed E-state index contributed by atoms with van der Waals surface area (Å²) in [5, 5.41) is 0. The Hall–Kier alpha value is -1.18. The normalized spacial score (nSPS) is 12.9. The van der Waals surface area contributed by atoms with E-state index in [1.54, 1.807) is 12.4 Å². The number of hydrogen-bond acceptors (Lipinski definition) is 2. The van der Waals surface area contributed by atoms with Crippen LogP contribution >= 0.6 is 0 Å². The average molecular weight is 191 g/mol. The molecular weight excluding hydrogens is 174 g/mol. The first-order chi connectivity index (χ1) is 6.61. The van der Waals surface area contributed by atoms with Gasteiger partial charge in [-0.15, -0.1) is 0 Å². The van der Waals surface area contributed by atoms with Crippen molar-refractivity contribution in [2.75, 3.05) is 0 Å². The van der Waals surface area contributed by atoms with Crippen molar-refractivity contribution in [3.8, 4) is 0 Å². The van der Waals surface area contributed by atoms with Crippen molar-refractivity contribution in [1.29, 1.82) is 0 Å². The van der Waals surface area contributed by atoms with E-state index in [4.69, 9.17) is 0 Å². The van der Waals surface area contributed by atoms with Gasteiger partial charge in [-0.25, -0.2) is 0 Å². The molecule has 1 heterocycles. The van der Waals surface area contributed by atoms with E-state index in [0.29, 0.717) is 18.1 Å². The number of ketones is 1. The summed E-state index contributed by atoms with van der Waals surface area (Å²) in [5.41, 5.74) is 1.06. The molecule has 0 aliphatic heterocycles. The van der Waals surface area contributed by atoms with E-state index in [-0.39, 0.29) is 5.92 Å². The van der Waals surface area contributed by atoms with Crippen LogP contribution in [0.2, 0.25) is 0 Å². The summed E-state index contributed by atoms with van der Waals surface area (Å²) in [6.45, 7) is 6.09. The monoisotopic (exact) mass is 191 g/mol. The van der Waals surface area contributed by atoms with Crippen LogP contribution in [0.5, 0.6) is 0 Å². The molecule has 1 atom stereocenters. The SMILES string of the molecule is CC(C)CC(=O)C(C)c1ccncc1. The molecule has 0 fully saturated rings. The number of carbonyl (C=O) groups excluding carboxylic acids is 1. The van der Waals surface area contributed by atoms with Crippen LogP contribution in [0.3, 0.4) is 0 Å². The van der Waals surface area contributed by atoms with Gasteiger partial charge in [-0.3, -0.25) is 9.78 Å². The summed E-state index contributed by atoms with van der Waals surface area (Å²) in [4.78, 5) is 15.7. The van der Waals surface area contributed by atoms with Crippen LogP contribution < -0.4 is 0 Å². The van der Waals surface area contributed by atoms with Crippen LogP contribution in [0.15, 0.2) is 24.5 Å². The van der Waals surface area contributed by atoms with Gasteiger partial charge in [0.1, 0.15) is 5.78 Å². The van der Waals surface area contributed by atoms with Gasteiger partial charge in [0.05, 0.1) is 0 Å². The molecule has 0 saturated carbocycles. The number of rotatable bonds is 4. The van der Waals surface area contributed by atoms with Gasteiger partial charge in [-0.05, 0) is 23.6 Å². The van der Waals surface area contributed by atoms with Crippen LogP contribution in [0.4, 0.5) is 0 Å². The second kappa shape index (κ2) is 4.89. The molecule has 0 spiro atoms. The first-order valence-electron chi connectivity index (χ1n) is 5.04. The quantitative estimate of drug-likeness (QED) is 0.732. The van der Waals surface area contributed by atoms with Crippen LogP contribution in [0.25, 0.3) is 0 Å². The minimum atomic E-state index is 0.000370. The third-order valence-electron chi connectivity index (χ3n) is 2.30. The molecule has 2 heteroatoms. The van der Waals surface area contributed by atoms with Crippen LogP contribution in [-0.4, -0.2) is 10.8 Å². The van der Waals surface area contributed by atoms with Crippen molar-refractivity contribution in [2.24, 2.45) is 5.92 Å². The number of hydrogen-bond donors (Lipinski definition) is 0. The van der Waals surface area contributed by atoms with Crippen molar-refractivity contribution < 1.29 is 4.79 Å². The first kappa shape index (κ1) is 10.9. The molecule has 0 aliphatic rings. The molecule has 0 aliphatic carbocycles. The molecule has 0 aromatic carbocycles. The highest BCUT2D eigenvalue weighted by Crippen LogP contribution is 2.18. The Bertz CT molecular complexity index is 292. The Morgan fingerprint density at radius 3 is 2.36 bits per heavy atom. The van der Waals surface area contributed by atoms with Crippen LogP contribution in [-0.2, 0) is 4.79 Å². The molecule has 1 aromatic heterocycles.